The number of rotatable bonds is 5. The number of carbonyl (C=O) groups is 3. The van der Waals surface area contributed by atoms with Crippen molar-refractivity contribution < 1.29 is 24.2 Å². The number of aliphatic carboxylic acids is 1. The fraction of sp³-hybridized carbons (Fsp3) is 0.364. The molecule has 0 fully saturated rings. The third-order valence-corrected chi connectivity index (χ3v) is 3.05. The van der Waals surface area contributed by atoms with Crippen LogP contribution in [-0.2, 0) is 14.3 Å². The number of esters is 1. The van der Waals surface area contributed by atoms with Gasteiger partial charge in [0.1, 0.15) is 5.00 Å². The van der Waals surface area contributed by atoms with Gasteiger partial charge in [-0.3, -0.25) is 9.59 Å². The van der Waals surface area contributed by atoms with E-state index >= 15 is 0 Å². The van der Waals surface area contributed by atoms with E-state index in [2.05, 4.69) is 10.1 Å². The average Bonchev–Trinajstić information content (AvgIpc) is 2.66. The van der Waals surface area contributed by atoms with Crippen LogP contribution >= 0.6 is 11.3 Å². The Morgan fingerprint density at radius 1 is 1.39 bits per heavy atom. The smallest absolute Gasteiger partial charge is 0.340 e. The molecular weight excluding hydrogens is 258 g/mol. The highest BCUT2D eigenvalue weighted by Crippen LogP contribution is 2.28. The maximum atomic E-state index is 11.5. The van der Waals surface area contributed by atoms with Gasteiger partial charge in [-0.1, -0.05) is 0 Å². The molecule has 1 amide bonds. The zero-order valence-corrected chi connectivity index (χ0v) is 10.8. The Morgan fingerprint density at radius 3 is 2.61 bits per heavy atom. The van der Waals surface area contributed by atoms with Crippen LogP contribution in [0, 0.1) is 6.92 Å². The number of amides is 1. The van der Waals surface area contributed by atoms with Gasteiger partial charge in [-0.25, -0.2) is 4.79 Å². The molecule has 1 heterocycles. The lowest BCUT2D eigenvalue weighted by atomic mass is 10.2. The lowest BCUT2D eigenvalue weighted by Gasteiger charge is -2.04. The van der Waals surface area contributed by atoms with Crippen LogP contribution in [0.3, 0.4) is 0 Å². The van der Waals surface area contributed by atoms with Gasteiger partial charge in [-0.15, -0.1) is 11.3 Å². The van der Waals surface area contributed by atoms with Gasteiger partial charge in [0.25, 0.3) is 0 Å². The number of ether oxygens (including phenoxy) is 1. The molecule has 0 unspecified atom stereocenters. The molecule has 18 heavy (non-hydrogen) atoms. The molecule has 0 aliphatic heterocycles. The molecule has 0 spiro atoms. The second kappa shape index (κ2) is 6.15. The van der Waals surface area contributed by atoms with Crippen molar-refractivity contribution in [2.24, 2.45) is 0 Å². The van der Waals surface area contributed by atoms with Crippen molar-refractivity contribution in [1.29, 1.82) is 0 Å². The fourth-order valence-electron chi connectivity index (χ4n) is 1.28. The quantitative estimate of drug-likeness (QED) is 0.794. The van der Waals surface area contributed by atoms with Crippen LogP contribution in [0.15, 0.2) is 6.07 Å². The summed E-state index contributed by atoms with van der Waals surface area (Å²) in [6.07, 6.45) is -0.378. The summed E-state index contributed by atoms with van der Waals surface area (Å²) in [7, 11) is 1.26. The molecule has 0 radical (unpaired) electrons. The third kappa shape index (κ3) is 3.85. The summed E-state index contributed by atoms with van der Waals surface area (Å²) in [5.74, 6) is -2.02. The lowest BCUT2D eigenvalue weighted by molar-refractivity contribution is -0.138. The predicted molar refractivity (Wildman–Crippen MR) is 65.9 cm³/mol. The first kappa shape index (κ1) is 14.2. The van der Waals surface area contributed by atoms with Gasteiger partial charge in [-0.05, 0) is 13.0 Å². The summed E-state index contributed by atoms with van der Waals surface area (Å²) in [6, 6.07) is 1.61. The second-order valence-corrected chi connectivity index (χ2v) is 4.79. The molecule has 7 heteroatoms. The third-order valence-electron chi connectivity index (χ3n) is 2.08. The van der Waals surface area contributed by atoms with Gasteiger partial charge in [0.15, 0.2) is 0 Å². The topological polar surface area (TPSA) is 92.7 Å². The van der Waals surface area contributed by atoms with Crippen molar-refractivity contribution in [2.45, 2.75) is 19.8 Å². The maximum absolute atomic E-state index is 11.5. The van der Waals surface area contributed by atoms with E-state index in [1.54, 1.807) is 13.0 Å². The highest BCUT2D eigenvalue weighted by atomic mass is 32.1. The zero-order valence-electron chi connectivity index (χ0n) is 9.98. The van der Waals surface area contributed by atoms with Gasteiger partial charge in [0, 0.05) is 11.3 Å². The summed E-state index contributed by atoms with van der Waals surface area (Å²) >= 11 is 1.24. The van der Waals surface area contributed by atoms with Crippen molar-refractivity contribution in [2.75, 3.05) is 12.4 Å². The first-order valence-electron chi connectivity index (χ1n) is 5.14. The molecule has 0 aliphatic carbocycles. The minimum absolute atomic E-state index is 0.132. The molecule has 1 rings (SSSR count). The molecule has 0 saturated carbocycles. The maximum Gasteiger partial charge on any atom is 0.340 e. The van der Waals surface area contributed by atoms with Gasteiger partial charge in [-0.2, -0.15) is 0 Å². The lowest BCUT2D eigenvalue weighted by Crippen LogP contribution is -2.14. The Hall–Kier alpha value is -1.89. The summed E-state index contributed by atoms with van der Waals surface area (Å²) < 4.78 is 4.59. The van der Waals surface area contributed by atoms with Crippen LogP contribution in [-0.4, -0.2) is 30.1 Å². The summed E-state index contributed by atoms with van der Waals surface area (Å²) in [6.45, 7) is 1.80. The number of hydrogen-bond donors (Lipinski definition) is 2. The highest BCUT2D eigenvalue weighted by Gasteiger charge is 2.17. The van der Waals surface area contributed by atoms with E-state index in [1.165, 1.54) is 18.4 Å². The van der Waals surface area contributed by atoms with Crippen LogP contribution in [0.25, 0.3) is 0 Å². The van der Waals surface area contributed by atoms with Crippen LogP contribution in [0.1, 0.15) is 28.1 Å². The Balaban J connectivity index is 2.74. The van der Waals surface area contributed by atoms with Gasteiger partial charge in [0.05, 0.1) is 19.1 Å². The Labute approximate surface area is 108 Å². The number of carboxylic acids is 1. The molecule has 0 saturated heterocycles. The van der Waals surface area contributed by atoms with Crippen molar-refractivity contribution in [3.05, 3.63) is 16.5 Å². The standard InChI is InChI=1S/C11H13NO5S/c1-6-5-7(11(16)17-2)10(18-6)12-8(13)3-4-9(14)15/h5H,3-4H2,1-2H3,(H,12,13)(H,14,15). The number of methoxy groups -OCH3 is 1. The molecule has 0 aliphatic rings. The van der Waals surface area contributed by atoms with Gasteiger partial charge < -0.3 is 15.2 Å². The molecule has 6 nitrogen and oxygen atoms in total. The number of anilines is 1. The number of aryl methyl sites for hydroxylation is 1. The van der Waals surface area contributed by atoms with Crippen LogP contribution in [0.2, 0.25) is 0 Å². The van der Waals surface area contributed by atoms with Crippen LogP contribution < -0.4 is 5.32 Å². The zero-order chi connectivity index (χ0) is 13.7. The Bertz CT molecular complexity index is 480. The molecule has 98 valence electrons. The number of carbonyl (C=O) groups excluding carboxylic acids is 2. The molecule has 0 bridgehead atoms. The van der Waals surface area contributed by atoms with Crippen molar-refractivity contribution >= 4 is 34.2 Å². The Kier molecular flexibility index (Phi) is 4.85. The number of nitrogens with one attached hydrogen (secondary N) is 1. The van der Waals surface area contributed by atoms with E-state index in [4.69, 9.17) is 5.11 Å². The van der Waals surface area contributed by atoms with E-state index < -0.39 is 17.8 Å². The molecule has 1 aromatic heterocycles. The van der Waals surface area contributed by atoms with Gasteiger partial charge >= 0.3 is 11.9 Å². The molecule has 2 N–H and O–H groups in total. The molecular formula is C11H13NO5S. The number of hydrogen-bond acceptors (Lipinski definition) is 5. The second-order valence-electron chi connectivity index (χ2n) is 3.53. The van der Waals surface area contributed by atoms with E-state index in [1.807, 2.05) is 0 Å². The van der Waals surface area contributed by atoms with Crippen molar-refractivity contribution in [3.63, 3.8) is 0 Å². The number of thiophene rings is 1. The highest BCUT2D eigenvalue weighted by molar-refractivity contribution is 7.16. The van der Waals surface area contributed by atoms with Gasteiger partial charge in [0.2, 0.25) is 5.91 Å². The average molecular weight is 271 g/mol. The molecule has 0 atom stereocenters. The molecule has 1 aromatic rings. The first-order valence-corrected chi connectivity index (χ1v) is 5.96. The minimum atomic E-state index is -1.04. The summed E-state index contributed by atoms with van der Waals surface area (Å²) in [5.41, 5.74) is 0.281. The van der Waals surface area contributed by atoms with E-state index in [-0.39, 0.29) is 18.4 Å². The van der Waals surface area contributed by atoms with Crippen molar-refractivity contribution in [1.82, 2.24) is 0 Å². The first-order chi connectivity index (χ1) is 8.43. The molecule has 0 aromatic carbocycles. The fourth-order valence-corrected chi connectivity index (χ4v) is 2.19. The Morgan fingerprint density at radius 2 is 2.06 bits per heavy atom. The van der Waals surface area contributed by atoms with E-state index in [9.17, 15) is 14.4 Å². The number of carboxylic acid groups (broad SMARTS) is 1. The van der Waals surface area contributed by atoms with E-state index in [0.29, 0.717) is 5.00 Å². The van der Waals surface area contributed by atoms with Crippen LogP contribution in [0.4, 0.5) is 5.00 Å². The minimum Gasteiger partial charge on any atom is -0.481 e. The monoisotopic (exact) mass is 271 g/mol. The summed E-state index contributed by atoms with van der Waals surface area (Å²) in [5, 5.41) is 11.4. The normalized spacial score (nSPS) is 9.89. The SMILES string of the molecule is COC(=O)c1cc(C)sc1NC(=O)CCC(=O)O. The predicted octanol–water partition coefficient (Wildman–Crippen LogP) is 1.65. The van der Waals surface area contributed by atoms with Crippen LogP contribution in [0.5, 0.6) is 0 Å². The largest absolute Gasteiger partial charge is 0.481 e. The van der Waals surface area contributed by atoms with Crippen molar-refractivity contribution in [3.8, 4) is 0 Å². The summed E-state index contributed by atoms with van der Waals surface area (Å²) in [4.78, 5) is 34.1. The van der Waals surface area contributed by atoms with E-state index in [0.717, 1.165) is 4.88 Å².